The van der Waals surface area contributed by atoms with Gasteiger partial charge in [0, 0.05) is 29.5 Å². The van der Waals surface area contributed by atoms with Crippen molar-refractivity contribution in [3.63, 3.8) is 0 Å². The van der Waals surface area contributed by atoms with E-state index >= 15 is 0 Å². The fourth-order valence-electron chi connectivity index (χ4n) is 2.44. The summed E-state index contributed by atoms with van der Waals surface area (Å²) >= 11 is 0. The van der Waals surface area contributed by atoms with E-state index in [2.05, 4.69) is 28.8 Å². The Kier molecular flexibility index (Phi) is 2.08. The molecule has 2 heterocycles. The van der Waals surface area contributed by atoms with Crippen LogP contribution >= 0.6 is 0 Å². The molecule has 2 N–H and O–H groups in total. The van der Waals surface area contributed by atoms with Crippen molar-refractivity contribution in [2.24, 2.45) is 0 Å². The molecule has 90 valence electrons. The van der Waals surface area contributed by atoms with Gasteiger partial charge in [0.25, 0.3) is 0 Å². The molecule has 0 unspecified atom stereocenters. The highest BCUT2D eigenvalue weighted by Crippen LogP contribution is 2.30. The van der Waals surface area contributed by atoms with Crippen LogP contribution in [0, 0.1) is 0 Å². The summed E-state index contributed by atoms with van der Waals surface area (Å²) < 4.78 is 5.81. The summed E-state index contributed by atoms with van der Waals surface area (Å²) in [6, 6.07) is 15.0. The molecule has 18 heavy (non-hydrogen) atoms. The van der Waals surface area contributed by atoms with Crippen LogP contribution in [0.15, 0.2) is 46.9 Å². The maximum atomic E-state index is 5.81. The average Bonchev–Trinajstić information content (AvgIpc) is 2.72. The fourth-order valence-corrected chi connectivity index (χ4v) is 2.44. The van der Waals surface area contributed by atoms with E-state index in [4.69, 9.17) is 4.42 Å². The van der Waals surface area contributed by atoms with Crippen LogP contribution in [0.4, 0.5) is 5.69 Å². The summed E-state index contributed by atoms with van der Waals surface area (Å²) in [5.41, 5.74) is 3.07. The Morgan fingerprint density at radius 3 is 2.67 bits per heavy atom. The van der Waals surface area contributed by atoms with Crippen LogP contribution in [-0.2, 0) is 0 Å². The zero-order valence-corrected chi connectivity index (χ0v) is 9.94. The number of hydrogen-bond acceptors (Lipinski definition) is 3. The standard InChI is InChI=1S/C15H14N2O/c1-2-4-14-12(3-1)13-7-10(5-6-15(13)18-14)17-11-8-16-9-11/h1-7,11,16-17H,8-9H2. The summed E-state index contributed by atoms with van der Waals surface area (Å²) in [6.07, 6.45) is 0. The van der Waals surface area contributed by atoms with Gasteiger partial charge in [0.15, 0.2) is 0 Å². The van der Waals surface area contributed by atoms with Gasteiger partial charge in [-0.05, 0) is 24.3 Å². The minimum absolute atomic E-state index is 0.556. The Morgan fingerprint density at radius 1 is 1.00 bits per heavy atom. The molecule has 1 aliphatic rings. The third kappa shape index (κ3) is 1.48. The predicted octanol–water partition coefficient (Wildman–Crippen LogP) is 2.97. The van der Waals surface area contributed by atoms with Crippen LogP contribution in [0.2, 0.25) is 0 Å². The van der Waals surface area contributed by atoms with Crippen molar-refractivity contribution in [3.05, 3.63) is 42.5 Å². The van der Waals surface area contributed by atoms with E-state index in [-0.39, 0.29) is 0 Å². The van der Waals surface area contributed by atoms with E-state index in [1.54, 1.807) is 0 Å². The predicted molar refractivity (Wildman–Crippen MR) is 74.0 cm³/mol. The lowest BCUT2D eigenvalue weighted by molar-refractivity contribution is 0.472. The quantitative estimate of drug-likeness (QED) is 0.720. The first-order valence-electron chi connectivity index (χ1n) is 6.29. The highest BCUT2D eigenvalue weighted by atomic mass is 16.3. The van der Waals surface area contributed by atoms with Crippen LogP contribution in [0.5, 0.6) is 0 Å². The number of anilines is 1. The zero-order chi connectivity index (χ0) is 11.9. The third-order valence-electron chi connectivity index (χ3n) is 3.53. The van der Waals surface area contributed by atoms with E-state index in [9.17, 15) is 0 Å². The van der Waals surface area contributed by atoms with Gasteiger partial charge < -0.3 is 15.1 Å². The molecule has 4 rings (SSSR count). The second kappa shape index (κ2) is 3.75. The van der Waals surface area contributed by atoms with Crippen LogP contribution in [0.25, 0.3) is 21.9 Å². The van der Waals surface area contributed by atoms with Crippen molar-refractivity contribution < 1.29 is 4.42 Å². The van der Waals surface area contributed by atoms with Gasteiger partial charge in [-0.2, -0.15) is 0 Å². The van der Waals surface area contributed by atoms with Gasteiger partial charge in [0.05, 0.1) is 6.04 Å². The van der Waals surface area contributed by atoms with E-state index in [1.165, 1.54) is 16.5 Å². The first-order valence-corrected chi connectivity index (χ1v) is 6.29. The van der Waals surface area contributed by atoms with E-state index < -0.39 is 0 Å². The maximum Gasteiger partial charge on any atom is 0.135 e. The number of rotatable bonds is 2. The Hall–Kier alpha value is -2.00. The van der Waals surface area contributed by atoms with Crippen molar-refractivity contribution in [1.82, 2.24) is 5.32 Å². The Balaban J connectivity index is 1.84. The molecule has 0 atom stereocenters. The molecule has 2 aromatic carbocycles. The number of nitrogens with one attached hydrogen (secondary N) is 2. The molecule has 1 aliphatic heterocycles. The number of fused-ring (bicyclic) bond motifs is 3. The van der Waals surface area contributed by atoms with Crippen LogP contribution in [-0.4, -0.2) is 19.1 Å². The normalized spacial score (nSPS) is 16.0. The number of furan rings is 1. The molecule has 0 aliphatic carbocycles. The summed E-state index contributed by atoms with van der Waals surface area (Å²) in [4.78, 5) is 0. The summed E-state index contributed by atoms with van der Waals surface area (Å²) in [6.45, 7) is 2.09. The maximum absolute atomic E-state index is 5.81. The minimum Gasteiger partial charge on any atom is -0.456 e. The third-order valence-corrected chi connectivity index (χ3v) is 3.53. The van der Waals surface area contributed by atoms with Gasteiger partial charge >= 0.3 is 0 Å². The Morgan fingerprint density at radius 2 is 1.83 bits per heavy atom. The molecule has 0 spiro atoms. The average molecular weight is 238 g/mol. The lowest BCUT2D eigenvalue weighted by Gasteiger charge is -2.28. The molecule has 1 aromatic heterocycles. The molecular weight excluding hydrogens is 224 g/mol. The SMILES string of the molecule is c1ccc2c(c1)oc1ccc(NC3CNC3)cc12. The van der Waals surface area contributed by atoms with E-state index in [1.807, 2.05) is 24.3 Å². The molecular formula is C15H14N2O. The van der Waals surface area contributed by atoms with Crippen molar-refractivity contribution in [3.8, 4) is 0 Å². The molecule has 1 fully saturated rings. The highest BCUT2D eigenvalue weighted by molar-refractivity contribution is 6.05. The summed E-state index contributed by atoms with van der Waals surface area (Å²) in [7, 11) is 0. The monoisotopic (exact) mass is 238 g/mol. The zero-order valence-electron chi connectivity index (χ0n) is 9.94. The Labute approximate surface area is 105 Å². The lowest BCUT2D eigenvalue weighted by Crippen LogP contribution is -2.51. The van der Waals surface area contributed by atoms with Crippen LogP contribution in [0.1, 0.15) is 0 Å². The lowest BCUT2D eigenvalue weighted by atomic mass is 10.1. The Bertz CT molecular complexity index is 713. The van der Waals surface area contributed by atoms with Crippen LogP contribution < -0.4 is 10.6 Å². The molecule has 3 heteroatoms. The first-order chi connectivity index (χ1) is 8.90. The molecule has 0 amide bonds. The van der Waals surface area contributed by atoms with Crippen LogP contribution in [0.3, 0.4) is 0 Å². The summed E-state index contributed by atoms with van der Waals surface area (Å²) in [5.74, 6) is 0. The van der Waals surface area contributed by atoms with Gasteiger partial charge in [-0.3, -0.25) is 0 Å². The molecule has 0 saturated carbocycles. The molecule has 0 bridgehead atoms. The van der Waals surface area contributed by atoms with E-state index in [0.29, 0.717) is 6.04 Å². The largest absolute Gasteiger partial charge is 0.456 e. The first kappa shape index (κ1) is 9.97. The second-order valence-corrected chi connectivity index (χ2v) is 4.81. The smallest absolute Gasteiger partial charge is 0.135 e. The van der Waals surface area contributed by atoms with Gasteiger partial charge in [0.2, 0.25) is 0 Å². The fraction of sp³-hybridized carbons (Fsp3) is 0.200. The summed E-state index contributed by atoms with van der Waals surface area (Å²) in [5, 5.41) is 9.15. The van der Waals surface area contributed by atoms with Crippen molar-refractivity contribution in [2.45, 2.75) is 6.04 Å². The molecule has 1 saturated heterocycles. The number of hydrogen-bond donors (Lipinski definition) is 2. The van der Waals surface area contributed by atoms with Gasteiger partial charge in [0.1, 0.15) is 11.2 Å². The van der Waals surface area contributed by atoms with E-state index in [0.717, 1.165) is 24.3 Å². The molecule has 3 nitrogen and oxygen atoms in total. The second-order valence-electron chi connectivity index (χ2n) is 4.81. The highest BCUT2D eigenvalue weighted by Gasteiger charge is 2.16. The van der Waals surface area contributed by atoms with Gasteiger partial charge in [-0.25, -0.2) is 0 Å². The van der Waals surface area contributed by atoms with Crippen molar-refractivity contribution >= 4 is 27.6 Å². The molecule has 0 radical (unpaired) electrons. The topological polar surface area (TPSA) is 37.2 Å². The number of para-hydroxylation sites is 1. The van der Waals surface area contributed by atoms with Crippen molar-refractivity contribution in [2.75, 3.05) is 18.4 Å². The number of benzene rings is 2. The van der Waals surface area contributed by atoms with Gasteiger partial charge in [-0.1, -0.05) is 18.2 Å². The minimum atomic E-state index is 0.556. The molecule has 3 aromatic rings. The van der Waals surface area contributed by atoms with Crippen molar-refractivity contribution in [1.29, 1.82) is 0 Å². The van der Waals surface area contributed by atoms with Gasteiger partial charge in [-0.15, -0.1) is 0 Å².